The zero-order chi connectivity index (χ0) is 27.4. The number of carbonyl (C=O) groups excluding carboxylic acids is 3. The predicted octanol–water partition coefficient (Wildman–Crippen LogP) is 4.48. The fraction of sp³-hybridized carbons (Fsp3) is 0.355. The van der Waals surface area contributed by atoms with Gasteiger partial charge >= 0.3 is 0 Å². The van der Waals surface area contributed by atoms with Crippen LogP contribution in [-0.2, 0) is 16.1 Å². The minimum absolute atomic E-state index is 0.00392. The summed E-state index contributed by atoms with van der Waals surface area (Å²) in [5, 5.41) is 7.67. The van der Waals surface area contributed by atoms with Crippen molar-refractivity contribution in [2.45, 2.75) is 51.7 Å². The van der Waals surface area contributed by atoms with Crippen LogP contribution in [0.3, 0.4) is 0 Å². The van der Waals surface area contributed by atoms with Crippen molar-refractivity contribution in [3.8, 4) is 0 Å². The number of fused-ring (bicyclic) bond motifs is 2. The van der Waals surface area contributed by atoms with Gasteiger partial charge in [0.2, 0.25) is 5.91 Å². The van der Waals surface area contributed by atoms with Crippen molar-refractivity contribution < 1.29 is 18.8 Å². The molecule has 2 atom stereocenters. The van der Waals surface area contributed by atoms with Gasteiger partial charge < -0.3 is 15.1 Å². The number of aromatic nitrogens is 1. The Kier molecular flexibility index (Phi) is 8.02. The van der Waals surface area contributed by atoms with Crippen LogP contribution in [0.15, 0.2) is 71.1 Å². The van der Waals surface area contributed by atoms with Gasteiger partial charge in [-0.1, -0.05) is 56.3 Å². The first-order chi connectivity index (χ1) is 18.9. The molecule has 8 heteroatoms. The zero-order valence-electron chi connectivity index (χ0n) is 22.4. The fourth-order valence-electron chi connectivity index (χ4n) is 5.06. The molecule has 8 nitrogen and oxygen atoms in total. The van der Waals surface area contributed by atoms with Crippen molar-refractivity contribution in [3.05, 3.63) is 78.2 Å². The number of hydrogen-bond acceptors (Lipinski definition) is 6. The number of pyridine rings is 1. The number of furan rings is 1. The molecule has 202 valence electrons. The quantitative estimate of drug-likeness (QED) is 0.351. The van der Waals surface area contributed by atoms with Gasteiger partial charge in [0.1, 0.15) is 11.6 Å². The van der Waals surface area contributed by atoms with E-state index in [-0.39, 0.29) is 23.4 Å². The monoisotopic (exact) mass is 526 g/mol. The van der Waals surface area contributed by atoms with Crippen LogP contribution in [0.4, 0.5) is 0 Å². The molecule has 2 aromatic carbocycles. The van der Waals surface area contributed by atoms with Gasteiger partial charge in [-0.15, -0.1) is 0 Å². The first-order valence-corrected chi connectivity index (χ1v) is 13.6. The number of amides is 2. The van der Waals surface area contributed by atoms with Crippen LogP contribution >= 0.6 is 0 Å². The van der Waals surface area contributed by atoms with E-state index in [1.165, 1.54) is 0 Å². The van der Waals surface area contributed by atoms with Crippen LogP contribution in [0.25, 0.3) is 21.9 Å². The molecule has 1 saturated heterocycles. The molecule has 39 heavy (non-hydrogen) atoms. The Morgan fingerprint density at radius 3 is 2.59 bits per heavy atom. The molecule has 0 aliphatic carbocycles. The van der Waals surface area contributed by atoms with Gasteiger partial charge in [0.05, 0.1) is 17.3 Å². The minimum Gasteiger partial charge on any atom is -0.451 e. The first kappa shape index (κ1) is 26.6. The molecule has 0 unspecified atom stereocenters. The van der Waals surface area contributed by atoms with Crippen LogP contribution in [0, 0.1) is 5.92 Å². The average Bonchev–Trinajstić information content (AvgIpc) is 3.30. The SMILES string of the molecule is CC(C)C[C@@H](NC(=O)c1cc2ccccc2o1)C(=O)N[C@@H]1CCN(Cc2ccc3ccccc3n2)CCC1=O. The number of rotatable bonds is 8. The average molecular weight is 527 g/mol. The van der Waals surface area contributed by atoms with Crippen molar-refractivity contribution in [2.75, 3.05) is 13.1 Å². The third-order valence-electron chi connectivity index (χ3n) is 7.13. The van der Waals surface area contributed by atoms with Crippen LogP contribution in [0.2, 0.25) is 0 Å². The summed E-state index contributed by atoms with van der Waals surface area (Å²) >= 11 is 0. The number of nitrogens with one attached hydrogen (secondary N) is 2. The Hall–Kier alpha value is -4.04. The molecule has 0 spiro atoms. The third kappa shape index (κ3) is 6.52. The first-order valence-electron chi connectivity index (χ1n) is 13.6. The maximum Gasteiger partial charge on any atom is 0.287 e. The molecule has 0 radical (unpaired) electrons. The number of nitrogens with zero attached hydrogens (tertiary/aromatic N) is 2. The lowest BCUT2D eigenvalue weighted by atomic mass is 10.0. The Labute approximate surface area is 227 Å². The molecule has 4 aromatic rings. The normalized spacial score (nSPS) is 17.3. The minimum atomic E-state index is -0.778. The largest absolute Gasteiger partial charge is 0.451 e. The Morgan fingerprint density at radius 2 is 1.79 bits per heavy atom. The molecule has 1 fully saturated rings. The molecule has 5 rings (SSSR count). The van der Waals surface area contributed by atoms with Gasteiger partial charge in [-0.2, -0.15) is 0 Å². The summed E-state index contributed by atoms with van der Waals surface area (Å²) in [5.74, 6) is -0.485. The van der Waals surface area contributed by atoms with Gasteiger partial charge in [-0.3, -0.25) is 24.3 Å². The Bertz CT molecular complexity index is 1460. The summed E-state index contributed by atoms with van der Waals surface area (Å²) in [4.78, 5) is 46.2. The summed E-state index contributed by atoms with van der Waals surface area (Å²) in [6, 6.07) is 19.8. The van der Waals surface area contributed by atoms with Gasteiger partial charge in [0.15, 0.2) is 11.5 Å². The molecule has 1 aliphatic heterocycles. The zero-order valence-corrected chi connectivity index (χ0v) is 22.4. The fourth-order valence-corrected chi connectivity index (χ4v) is 5.06. The van der Waals surface area contributed by atoms with Gasteiger partial charge in [-0.05, 0) is 43.0 Å². The molecular weight excluding hydrogens is 492 g/mol. The van der Waals surface area contributed by atoms with Crippen molar-refractivity contribution in [1.82, 2.24) is 20.5 Å². The van der Waals surface area contributed by atoms with Crippen LogP contribution in [0.5, 0.6) is 0 Å². The second-order valence-corrected chi connectivity index (χ2v) is 10.6. The number of Topliss-reactive ketones (excluding diaryl/α,β-unsaturated/α-hetero) is 1. The number of carbonyl (C=O) groups is 3. The smallest absolute Gasteiger partial charge is 0.287 e. The van der Waals surface area contributed by atoms with E-state index in [1.807, 2.05) is 62.4 Å². The van der Waals surface area contributed by atoms with Crippen LogP contribution in [0.1, 0.15) is 49.4 Å². The van der Waals surface area contributed by atoms with E-state index in [4.69, 9.17) is 9.40 Å². The molecule has 1 aliphatic rings. The number of hydrogen-bond donors (Lipinski definition) is 2. The lowest BCUT2D eigenvalue weighted by molar-refractivity contribution is -0.129. The van der Waals surface area contributed by atoms with E-state index >= 15 is 0 Å². The summed E-state index contributed by atoms with van der Waals surface area (Å²) in [7, 11) is 0. The number of para-hydroxylation sites is 2. The van der Waals surface area contributed by atoms with E-state index in [0.717, 1.165) is 22.0 Å². The molecular formula is C31H34N4O4. The van der Waals surface area contributed by atoms with E-state index in [2.05, 4.69) is 21.6 Å². The Balaban J connectivity index is 1.21. The van der Waals surface area contributed by atoms with Crippen molar-refractivity contribution >= 4 is 39.5 Å². The highest BCUT2D eigenvalue weighted by atomic mass is 16.3. The topological polar surface area (TPSA) is 105 Å². The molecule has 2 amide bonds. The summed E-state index contributed by atoms with van der Waals surface area (Å²) in [5.41, 5.74) is 2.51. The molecule has 2 aromatic heterocycles. The Morgan fingerprint density at radius 1 is 1.03 bits per heavy atom. The molecule has 3 heterocycles. The molecule has 0 saturated carbocycles. The maximum absolute atomic E-state index is 13.3. The highest BCUT2D eigenvalue weighted by Crippen LogP contribution is 2.20. The number of ketones is 1. The second-order valence-electron chi connectivity index (χ2n) is 10.6. The lowest BCUT2D eigenvalue weighted by Crippen LogP contribution is -2.52. The lowest BCUT2D eigenvalue weighted by Gasteiger charge is -2.23. The van der Waals surface area contributed by atoms with Crippen LogP contribution in [-0.4, -0.2) is 52.7 Å². The standard InChI is InChI=1S/C31H34N4O4/c1-20(2)17-26(34-31(38)29-18-22-8-4-6-10-28(22)39-29)30(37)33-25-13-15-35(16-14-27(25)36)19-23-12-11-21-7-3-5-9-24(21)32-23/h3-12,18,20,25-26H,13-17,19H2,1-2H3,(H,33,37)(H,34,38)/t25-,26-/m1/s1. The summed E-state index contributed by atoms with van der Waals surface area (Å²) in [6.45, 7) is 5.89. The predicted molar refractivity (Wildman–Crippen MR) is 150 cm³/mol. The highest BCUT2D eigenvalue weighted by molar-refractivity contribution is 5.99. The maximum atomic E-state index is 13.3. The van der Waals surface area contributed by atoms with E-state index in [1.54, 1.807) is 12.1 Å². The van der Waals surface area contributed by atoms with Crippen molar-refractivity contribution in [3.63, 3.8) is 0 Å². The number of likely N-dealkylation sites (tertiary alicyclic amines) is 1. The van der Waals surface area contributed by atoms with Crippen molar-refractivity contribution in [1.29, 1.82) is 0 Å². The van der Waals surface area contributed by atoms with Crippen molar-refractivity contribution in [2.24, 2.45) is 5.92 Å². The van der Waals surface area contributed by atoms with Crippen LogP contribution < -0.4 is 10.6 Å². The van der Waals surface area contributed by atoms with Gasteiger partial charge in [0.25, 0.3) is 5.91 Å². The highest BCUT2D eigenvalue weighted by Gasteiger charge is 2.30. The molecule has 2 N–H and O–H groups in total. The third-order valence-corrected chi connectivity index (χ3v) is 7.13. The molecule has 0 bridgehead atoms. The summed E-state index contributed by atoms with van der Waals surface area (Å²) in [6.07, 6.45) is 1.29. The van der Waals surface area contributed by atoms with Gasteiger partial charge in [-0.25, -0.2) is 0 Å². The van der Waals surface area contributed by atoms with Gasteiger partial charge in [0, 0.05) is 36.8 Å². The van der Waals surface area contributed by atoms with E-state index in [0.29, 0.717) is 44.5 Å². The van der Waals surface area contributed by atoms with E-state index in [9.17, 15) is 14.4 Å². The summed E-state index contributed by atoms with van der Waals surface area (Å²) < 4.78 is 5.67. The second kappa shape index (κ2) is 11.8. The van der Waals surface area contributed by atoms with E-state index < -0.39 is 18.0 Å². The number of benzene rings is 2.